The molecule has 0 radical (unpaired) electrons. The van der Waals surface area contributed by atoms with Crippen LogP contribution in [0.25, 0.3) is 22.6 Å². The normalized spacial score (nSPS) is 10.8. The van der Waals surface area contributed by atoms with Crippen molar-refractivity contribution < 1.29 is 9.21 Å². The fourth-order valence-electron chi connectivity index (χ4n) is 2.59. The molecule has 1 N–H and O–H groups in total. The summed E-state index contributed by atoms with van der Waals surface area (Å²) < 4.78 is 6.52. The topological polar surface area (TPSA) is 55.1 Å². The molecule has 0 aliphatic rings. The molecule has 4 rings (SSSR count). The van der Waals surface area contributed by atoms with E-state index in [1.54, 1.807) is 36.4 Å². The van der Waals surface area contributed by atoms with Crippen molar-refractivity contribution in [3.8, 4) is 11.5 Å². The second-order valence-electron chi connectivity index (χ2n) is 5.65. The van der Waals surface area contributed by atoms with Gasteiger partial charge in [-0.3, -0.25) is 4.79 Å². The predicted octanol–water partition coefficient (Wildman–Crippen LogP) is 6.16. The fraction of sp³-hybridized carbons (Fsp3) is 0. The van der Waals surface area contributed by atoms with E-state index in [4.69, 9.17) is 16.0 Å². The van der Waals surface area contributed by atoms with Gasteiger partial charge in [-0.1, -0.05) is 29.8 Å². The molecule has 0 saturated carbocycles. The zero-order valence-electron chi connectivity index (χ0n) is 13.4. The van der Waals surface area contributed by atoms with E-state index in [0.717, 1.165) is 10.0 Å². The molecule has 0 atom stereocenters. The monoisotopic (exact) mass is 426 g/mol. The minimum atomic E-state index is -0.199. The molecule has 0 aliphatic carbocycles. The van der Waals surface area contributed by atoms with Gasteiger partial charge in [0.25, 0.3) is 5.91 Å². The lowest BCUT2D eigenvalue weighted by molar-refractivity contribution is 0.102. The molecule has 0 spiro atoms. The lowest BCUT2D eigenvalue weighted by atomic mass is 10.2. The molecule has 26 heavy (non-hydrogen) atoms. The fourth-order valence-corrected chi connectivity index (χ4v) is 3.25. The zero-order valence-corrected chi connectivity index (χ0v) is 15.7. The summed E-state index contributed by atoms with van der Waals surface area (Å²) in [4.78, 5) is 16.9. The smallest absolute Gasteiger partial charge is 0.256 e. The van der Waals surface area contributed by atoms with Gasteiger partial charge in [0, 0.05) is 20.7 Å². The van der Waals surface area contributed by atoms with Gasteiger partial charge >= 0.3 is 0 Å². The molecule has 0 unspecified atom stereocenters. The summed E-state index contributed by atoms with van der Waals surface area (Å²) >= 11 is 9.41. The molecule has 4 nitrogen and oxygen atoms in total. The molecule has 1 heterocycles. The highest BCUT2D eigenvalue weighted by molar-refractivity contribution is 9.10. The van der Waals surface area contributed by atoms with Gasteiger partial charge in [-0.05, 0) is 64.5 Å². The van der Waals surface area contributed by atoms with Gasteiger partial charge in [0.15, 0.2) is 5.58 Å². The number of nitrogens with zero attached hydrogens (tertiary/aromatic N) is 1. The Bertz CT molecular complexity index is 1120. The molecule has 128 valence electrons. The van der Waals surface area contributed by atoms with E-state index in [2.05, 4.69) is 26.2 Å². The number of oxazole rings is 1. The molecule has 0 bridgehead atoms. The van der Waals surface area contributed by atoms with E-state index in [0.29, 0.717) is 33.3 Å². The Morgan fingerprint density at radius 1 is 1.04 bits per heavy atom. The molecular weight excluding hydrogens is 416 g/mol. The number of nitrogens with one attached hydrogen (secondary N) is 1. The van der Waals surface area contributed by atoms with Crippen LogP contribution in [-0.4, -0.2) is 10.9 Å². The van der Waals surface area contributed by atoms with Gasteiger partial charge < -0.3 is 9.73 Å². The third-order valence-electron chi connectivity index (χ3n) is 3.84. The number of benzene rings is 3. The van der Waals surface area contributed by atoms with E-state index in [1.165, 1.54) is 0 Å². The van der Waals surface area contributed by atoms with Gasteiger partial charge in [0.05, 0.1) is 5.56 Å². The van der Waals surface area contributed by atoms with Gasteiger partial charge in [-0.15, -0.1) is 0 Å². The second kappa shape index (κ2) is 6.94. The summed E-state index contributed by atoms with van der Waals surface area (Å²) in [6, 6.07) is 19.9. The van der Waals surface area contributed by atoms with E-state index in [-0.39, 0.29) is 5.91 Å². The minimum absolute atomic E-state index is 0.199. The first-order chi connectivity index (χ1) is 12.6. The number of amides is 1. The van der Waals surface area contributed by atoms with Crippen molar-refractivity contribution in [2.45, 2.75) is 0 Å². The molecule has 3 aromatic carbocycles. The number of rotatable bonds is 3. The molecule has 0 fully saturated rings. The Morgan fingerprint density at radius 3 is 2.69 bits per heavy atom. The first-order valence-corrected chi connectivity index (χ1v) is 9.00. The molecule has 1 aromatic heterocycles. The number of anilines is 1. The standard InChI is InChI=1S/C20H12BrClN2O2/c21-16-7-2-1-6-15(16)19(25)23-14-8-9-18-17(11-14)24-20(26-18)12-4-3-5-13(22)10-12/h1-11H,(H,23,25). The Hall–Kier alpha value is -2.63. The van der Waals surface area contributed by atoms with Crippen LogP contribution in [0, 0.1) is 0 Å². The Kier molecular flexibility index (Phi) is 4.49. The maximum atomic E-state index is 12.4. The highest BCUT2D eigenvalue weighted by atomic mass is 79.9. The van der Waals surface area contributed by atoms with Crippen LogP contribution in [0.1, 0.15) is 10.4 Å². The van der Waals surface area contributed by atoms with Crippen molar-refractivity contribution in [2.75, 3.05) is 5.32 Å². The Morgan fingerprint density at radius 2 is 1.88 bits per heavy atom. The summed E-state index contributed by atoms with van der Waals surface area (Å²) in [6.07, 6.45) is 0. The number of carbonyl (C=O) groups excluding carboxylic acids is 1. The van der Waals surface area contributed by atoms with Crippen LogP contribution in [0.2, 0.25) is 5.02 Å². The lowest BCUT2D eigenvalue weighted by Gasteiger charge is -2.06. The SMILES string of the molecule is O=C(Nc1ccc2oc(-c3cccc(Cl)c3)nc2c1)c1ccccc1Br. The lowest BCUT2D eigenvalue weighted by Crippen LogP contribution is -2.12. The van der Waals surface area contributed by atoms with E-state index in [1.807, 2.05) is 30.3 Å². The highest BCUT2D eigenvalue weighted by Crippen LogP contribution is 2.28. The summed E-state index contributed by atoms with van der Waals surface area (Å²) in [6.45, 7) is 0. The minimum Gasteiger partial charge on any atom is -0.436 e. The van der Waals surface area contributed by atoms with Crippen LogP contribution in [0.15, 0.2) is 75.6 Å². The maximum Gasteiger partial charge on any atom is 0.256 e. The van der Waals surface area contributed by atoms with Crippen molar-refractivity contribution in [1.82, 2.24) is 4.98 Å². The number of hydrogen-bond acceptors (Lipinski definition) is 3. The van der Waals surface area contributed by atoms with E-state index in [9.17, 15) is 4.79 Å². The average Bonchev–Trinajstić information content (AvgIpc) is 3.05. The molecule has 4 aromatic rings. The number of fused-ring (bicyclic) bond motifs is 1. The third-order valence-corrected chi connectivity index (χ3v) is 4.76. The van der Waals surface area contributed by atoms with Gasteiger partial charge in [-0.25, -0.2) is 4.98 Å². The highest BCUT2D eigenvalue weighted by Gasteiger charge is 2.12. The first kappa shape index (κ1) is 16.8. The molecule has 0 aliphatic heterocycles. The van der Waals surface area contributed by atoms with Crippen LogP contribution >= 0.6 is 27.5 Å². The van der Waals surface area contributed by atoms with Crippen molar-refractivity contribution in [3.63, 3.8) is 0 Å². The van der Waals surface area contributed by atoms with Crippen molar-refractivity contribution in [3.05, 3.63) is 81.8 Å². The van der Waals surface area contributed by atoms with Crippen LogP contribution in [0.3, 0.4) is 0 Å². The average molecular weight is 428 g/mol. The van der Waals surface area contributed by atoms with Crippen molar-refractivity contribution >= 4 is 50.2 Å². The van der Waals surface area contributed by atoms with Crippen molar-refractivity contribution in [2.24, 2.45) is 0 Å². The van der Waals surface area contributed by atoms with Crippen LogP contribution < -0.4 is 5.32 Å². The molecule has 0 saturated heterocycles. The second-order valence-corrected chi connectivity index (χ2v) is 6.94. The predicted molar refractivity (Wildman–Crippen MR) is 107 cm³/mol. The van der Waals surface area contributed by atoms with E-state index >= 15 is 0 Å². The summed E-state index contributed by atoms with van der Waals surface area (Å²) in [5.41, 5.74) is 3.30. The third kappa shape index (κ3) is 3.36. The zero-order chi connectivity index (χ0) is 18.1. The molecule has 1 amide bonds. The van der Waals surface area contributed by atoms with Crippen molar-refractivity contribution in [1.29, 1.82) is 0 Å². The van der Waals surface area contributed by atoms with Crippen LogP contribution in [-0.2, 0) is 0 Å². The number of halogens is 2. The number of aromatic nitrogens is 1. The Labute approximate surface area is 162 Å². The quantitative estimate of drug-likeness (QED) is 0.426. The van der Waals surface area contributed by atoms with Crippen LogP contribution in [0.5, 0.6) is 0 Å². The summed E-state index contributed by atoms with van der Waals surface area (Å²) in [5, 5.41) is 3.49. The summed E-state index contributed by atoms with van der Waals surface area (Å²) in [7, 11) is 0. The molecular formula is C20H12BrClN2O2. The molecule has 6 heteroatoms. The van der Waals surface area contributed by atoms with Gasteiger partial charge in [-0.2, -0.15) is 0 Å². The Balaban J connectivity index is 1.64. The van der Waals surface area contributed by atoms with E-state index < -0.39 is 0 Å². The number of carbonyl (C=O) groups is 1. The van der Waals surface area contributed by atoms with Gasteiger partial charge in [0.1, 0.15) is 5.52 Å². The van der Waals surface area contributed by atoms with Gasteiger partial charge in [0.2, 0.25) is 5.89 Å². The summed E-state index contributed by atoms with van der Waals surface area (Å²) in [5.74, 6) is 0.284. The number of hydrogen-bond donors (Lipinski definition) is 1. The first-order valence-electron chi connectivity index (χ1n) is 7.82. The largest absolute Gasteiger partial charge is 0.436 e. The maximum absolute atomic E-state index is 12.4. The van der Waals surface area contributed by atoms with Crippen LogP contribution in [0.4, 0.5) is 5.69 Å².